The number of H-pyrrole nitrogens is 1. The molecule has 0 unspecified atom stereocenters. The van der Waals surface area contributed by atoms with Gasteiger partial charge in [-0.2, -0.15) is 0 Å². The summed E-state index contributed by atoms with van der Waals surface area (Å²) < 4.78 is 0. The highest BCUT2D eigenvalue weighted by Gasteiger charge is 2.21. The van der Waals surface area contributed by atoms with Crippen LogP contribution in [0.5, 0.6) is 0 Å². The van der Waals surface area contributed by atoms with Crippen molar-refractivity contribution in [2.45, 2.75) is 38.1 Å². The van der Waals surface area contributed by atoms with E-state index in [4.69, 9.17) is 5.11 Å². The largest absolute Gasteiger partial charge is 0.480 e. The van der Waals surface area contributed by atoms with Crippen molar-refractivity contribution in [3.05, 3.63) is 36.0 Å². The van der Waals surface area contributed by atoms with E-state index in [9.17, 15) is 14.7 Å². The second-order valence-corrected chi connectivity index (χ2v) is 5.56. The van der Waals surface area contributed by atoms with Gasteiger partial charge in [0.05, 0.1) is 0 Å². The first-order valence-corrected chi connectivity index (χ1v) is 7.80. The van der Waals surface area contributed by atoms with E-state index in [0.717, 1.165) is 22.9 Å². The number of aromatic nitrogens is 1. The Morgan fingerprint density at radius 2 is 1.96 bits per heavy atom. The van der Waals surface area contributed by atoms with Crippen LogP contribution in [0.25, 0.3) is 10.9 Å². The quantitative estimate of drug-likeness (QED) is 0.530. The first-order valence-electron chi connectivity index (χ1n) is 7.80. The Morgan fingerprint density at radius 1 is 1.17 bits per heavy atom. The topological polar surface area (TPSA) is 102 Å². The molecule has 23 heavy (non-hydrogen) atoms. The molecule has 6 heteroatoms. The zero-order valence-corrected chi connectivity index (χ0v) is 12.9. The molecule has 1 amide bonds. The van der Waals surface area contributed by atoms with Gasteiger partial charge in [0.1, 0.15) is 6.04 Å². The van der Waals surface area contributed by atoms with Gasteiger partial charge in [-0.1, -0.05) is 24.6 Å². The van der Waals surface area contributed by atoms with Gasteiger partial charge in [-0.3, -0.25) is 4.79 Å². The van der Waals surface area contributed by atoms with Gasteiger partial charge in [0, 0.05) is 36.5 Å². The second kappa shape index (κ2) is 8.33. The van der Waals surface area contributed by atoms with Crippen LogP contribution in [-0.2, 0) is 16.0 Å². The molecule has 4 N–H and O–H groups in total. The van der Waals surface area contributed by atoms with Crippen LogP contribution in [0.4, 0.5) is 0 Å². The van der Waals surface area contributed by atoms with Crippen molar-refractivity contribution in [2.24, 2.45) is 0 Å². The average Bonchev–Trinajstić information content (AvgIpc) is 2.94. The molecule has 1 aromatic carbocycles. The summed E-state index contributed by atoms with van der Waals surface area (Å²) in [5.41, 5.74) is 1.82. The fraction of sp³-hybridized carbons (Fsp3) is 0.412. The molecule has 0 saturated heterocycles. The molecule has 0 spiro atoms. The van der Waals surface area contributed by atoms with Crippen molar-refractivity contribution in [1.29, 1.82) is 0 Å². The average molecular weight is 318 g/mol. The number of carbonyl (C=O) groups excluding carboxylic acids is 1. The molecule has 0 aliphatic heterocycles. The van der Waals surface area contributed by atoms with Crippen molar-refractivity contribution in [3.8, 4) is 0 Å². The van der Waals surface area contributed by atoms with Crippen molar-refractivity contribution in [2.75, 3.05) is 6.61 Å². The summed E-state index contributed by atoms with van der Waals surface area (Å²) in [7, 11) is 0. The summed E-state index contributed by atoms with van der Waals surface area (Å²) in [5.74, 6) is -1.31. The number of carbonyl (C=O) groups is 2. The monoisotopic (exact) mass is 318 g/mol. The van der Waals surface area contributed by atoms with Gasteiger partial charge in [0.25, 0.3) is 0 Å². The molecule has 1 atom stereocenters. The number of hydrogen-bond donors (Lipinski definition) is 4. The number of carboxylic acids is 1. The number of nitrogens with one attached hydrogen (secondary N) is 2. The number of unbranched alkanes of at least 4 members (excludes halogenated alkanes) is 2. The molecule has 0 bridgehead atoms. The van der Waals surface area contributed by atoms with Gasteiger partial charge >= 0.3 is 5.97 Å². The molecular formula is C17H22N2O4. The summed E-state index contributed by atoms with van der Waals surface area (Å²) in [5, 5.41) is 21.6. The minimum Gasteiger partial charge on any atom is -0.480 e. The van der Waals surface area contributed by atoms with E-state index in [0.29, 0.717) is 12.8 Å². The number of amides is 1. The Morgan fingerprint density at radius 3 is 2.70 bits per heavy atom. The summed E-state index contributed by atoms with van der Waals surface area (Å²) in [6.07, 6.45) is 4.36. The minimum absolute atomic E-state index is 0.111. The second-order valence-electron chi connectivity index (χ2n) is 5.56. The van der Waals surface area contributed by atoms with E-state index in [-0.39, 0.29) is 25.4 Å². The SMILES string of the molecule is O=C(CCCCCO)N[C@@H](Cc1c[nH]c2ccccc12)C(=O)O. The lowest BCUT2D eigenvalue weighted by Gasteiger charge is -2.14. The Labute approximate surface area is 134 Å². The van der Waals surface area contributed by atoms with Gasteiger partial charge in [-0.05, 0) is 24.5 Å². The molecule has 1 heterocycles. The number of fused-ring (bicyclic) bond motifs is 1. The molecule has 2 rings (SSSR count). The number of aliphatic hydroxyl groups excluding tert-OH is 1. The van der Waals surface area contributed by atoms with Crippen LogP contribution in [0.2, 0.25) is 0 Å². The third kappa shape index (κ3) is 4.82. The molecular weight excluding hydrogens is 296 g/mol. The Hall–Kier alpha value is -2.34. The standard InChI is InChI=1S/C17H22N2O4/c20-9-5-1-2-8-16(21)19-15(17(22)23)10-12-11-18-14-7-4-3-6-13(12)14/h3-4,6-7,11,15,18,20H,1-2,5,8-10H2,(H,19,21)(H,22,23)/t15-/m0/s1. The molecule has 0 fully saturated rings. The third-order valence-corrected chi connectivity index (χ3v) is 3.79. The molecule has 1 aromatic heterocycles. The van der Waals surface area contributed by atoms with Crippen molar-refractivity contribution >= 4 is 22.8 Å². The van der Waals surface area contributed by atoms with E-state index >= 15 is 0 Å². The minimum atomic E-state index is -1.04. The first-order chi connectivity index (χ1) is 11.1. The summed E-state index contributed by atoms with van der Waals surface area (Å²) in [6, 6.07) is 6.71. The number of carboxylic acid groups (broad SMARTS) is 1. The van der Waals surface area contributed by atoms with Crippen LogP contribution in [0.3, 0.4) is 0 Å². The lowest BCUT2D eigenvalue weighted by molar-refractivity contribution is -0.141. The van der Waals surface area contributed by atoms with Crippen LogP contribution >= 0.6 is 0 Å². The van der Waals surface area contributed by atoms with Gasteiger partial charge < -0.3 is 20.5 Å². The smallest absolute Gasteiger partial charge is 0.326 e. The third-order valence-electron chi connectivity index (χ3n) is 3.79. The Kier molecular flexibility index (Phi) is 6.17. The number of benzene rings is 1. The summed E-state index contributed by atoms with van der Waals surface area (Å²) in [4.78, 5) is 26.4. The van der Waals surface area contributed by atoms with E-state index in [1.165, 1.54) is 0 Å². The normalized spacial score (nSPS) is 12.2. The van der Waals surface area contributed by atoms with Gasteiger partial charge in [-0.25, -0.2) is 4.79 Å². The molecule has 0 aliphatic carbocycles. The van der Waals surface area contributed by atoms with Gasteiger partial charge in [-0.15, -0.1) is 0 Å². The van der Waals surface area contributed by atoms with Gasteiger partial charge in [0.2, 0.25) is 5.91 Å². The molecule has 0 aliphatic rings. The molecule has 6 nitrogen and oxygen atoms in total. The molecule has 2 aromatic rings. The van der Waals surface area contributed by atoms with Crippen molar-refractivity contribution in [3.63, 3.8) is 0 Å². The summed E-state index contributed by atoms with van der Waals surface area (Å²) >= 11 is 0. The number of aliphatic hydroxyl groups is 1. The fourth-order valence-corrected chi connectivity index (χ4v) is 2.56. The summed E-state index contributed by atoms with van der Waals surface area (Å²) in [6.45, 7) is 0.111. The van der Waals surface area contributed by atoms with Gasteiger partial charge in [0.15, 0.2) is 0 Å². The van der Waals surface area contributed by atoms with E-state index in [1.807, 2.05) is 24.3 Å². The zero-order valence-electron chi connectivity index (χ0n) is 12.9. The number of hydrogen-bond acceptors (Lipinski definition) is 3. The fourth-order valence-electron chi connectivity index (χ4n) is 2.56. The lowest BCUT2D eigenvalue weighted by atomic mass is 10.0. The Bertz CT molecular complexity index is 665. The zero-order chi connectivity index (χ0) is 16.7. The highest BCUT2D eigenvalue weighted by Crippen LogP contribution is 2.19. The van der Waals surface area contributed by atoms with Crippen LogP contribution in [-0.4, -0.2) is 39.7 Å². The van der Waals surface area contributed by atoms with Crippen LogP contribution < -0.4 is 5.32 Å². The van der Waals surface area contributed by atoms with Crippen molar-refractivity contribution in [1.82, 2.24) is 10.3 Å². The van der Waals surface area contributed by atoms with E-state index < -0.39 is 12.0 Å². The highest BCUT2D eigenvalue weighted by molar-refractivity contribution is 5.86. The maximum atomic E-state index is 11.9. The predicted octanol–water partition coefficient (Wildman–Crippen LogP) is 1.83. The predicted molar refractivity (Wildman–Crippen MR) is 87.1 cm³/mol. The number of para-hydroxylation sites is 1. The number of aromatic amines is 1. The highest BCUT2D eigenvalue weighted by atomic mass is 16.4. The maximum absolute atomic E-state index is 11.9. The first kappa shape index (κ1) is 17.0. The maximum Gasteiger partial charge on any atom is 0.326 e. The van der Waals surface area contributed by atoms with Crippen LogP contribution in [0.15, 0.2) is 30.5 Å². The number of rotatable bonds is 9. The van der Waals surface area contributed by atoms with E-state index in [1.54, 1.807) is 6.20 Å². The Balaban J connectivity index is 1.96. The van der Waals surface area contributed by atoms with Crippen molar-refractivity contribution < 1.29 is 19.8 Å². The lowest BCUT2D eigenvalue weighted by Crippen LogP contribution is -2.42. The van der Waals surface area contributed by atoms with Crippen LogP contribution in [0.1, 0.15) is 31.2 Å². The van der Waals surface area contributed by atoms with Crippen LogP contribution in [0, 0.1) is 0 Å². The van der Waals surface area contributed by atoms with E-state index in [2.05, 4.69) is 10.3 Å². The molecule has 0 radical (unpaired) electrons. The molecule has 124 valence electrons. The molecule has 0 saturated carbocycles. The number of aliphatic carboxylic acids is 1.